The summed E-state index contributed by atoms with van der Waals surface area (Å²) in [5.74, 6) is -1.52. The second-order valence-corrected chi connectivity index (χ2v) is 6.91. The summed E-state index contributed by atoms with van der Waals surface area (Å²) in [4.78, 5) is -0.347. The number of rotatable bonds is 5. The Bertz CT molecular complexity index is 885. The van der Waals surface area contributed by atoms with Crippen molar-refractivity contribution in [1.82, 2.24) is 0 Å². The van der Waals surface area contributed by atoms with Crippen molar-refractivity contribution in [1.29, 1.82) is 0 Å². The molecular formula is C15H12ClF4NO3S. The van der Waals surface area contributed by atoms with Crippen molar-refractivity contribution in [3.8, 4) is 5.75 Å². The minimum atomic E-state index is -4.96. The van der Waals surface area contributed by atoms with Gasteiger partial charge in [-0.15, -0.1) is 0 Å². The lowest BCUT2D eigenvalue weighted by molar-refractivity contribution is -0.139. The van der Waals surface area contributed by atoms with Gasteiger partial charge in [0, 0.05) is 10.7 Å². The van der Waals surface area contributed by atoms with E-state index in [-0.39, 0.29) is 22.3 Å². The number of hydrogen-bond acceptors (Lipinski definition) is 3. The summed E-state index contributed by atoms with van der Waals surface area (Å²) >= 11 is 5.79. The van der Waals surface area contributed by atoms with Crippen molar-refractivity contribution < 1.29 is 30.7 Å². The SMILES string of the molecule is CCOc1ccc(Cl)cc1S(=O)(=O)Nc1ccc(F)c(C(F)(F)F)c1. The third-order valence-electron chi connectivity index (χ3n) is 3.02. The smallest absolute Gasteiger partial charge is 0.419 e. The lowest BCUT2D eigenvalue weighted by Crippen LogP contribution is -2.16. The van der Waals surface area contributed by atoms with Crippen LogP contribution in [-0.2, 0) is 16.2 Å². The lowest BCUT2D eigenvalue weighted by Gasteiger charge is -2.14. The highest BCUT2D eigenvalue weighted by atomic mass is 35.5. The maximum absolute atomic E-state index is 13.3. The first-order valence-corrected chi connectivity index (χ1v) is 8.72. The van der Waals surface area contributed by atoms with Gasteiger partial charge < -0.3 is 4.74 Å². The molecule has 4 nitrogen and oxygen atoms in total. The van der Waals surface area contributed by atoms with Gasteiger partial charge in [0.25, 0.3) is 10.0 Å². The van der Waals surface area contributed by atoms with E-state index >= 15 is 0 Å². The summed E-state index contributed by atoms with van der Waals surface area (Å²) in [6, 6.07) is 5.62. The number of anilines is 1. The molecule has 136 valence electrons. The molecule has 10 heteroatoms. The molecule has 0 atom stereocenters. The Kier molecular flexibility index (Phi) is 5.48. The third kappa shape index (κ3) is 4.55. The Morgan fingerprint density at radius 3 is 2.44 bits per heavy atom. The summed E-state index contributed by atoms with van der Waals surface area (Å²) in [5.41, 5.74) is -2.03. The summed E-state index contributed by atoms with van der Waals surface area (Å²) in [5, 5.41) is 0.0962. The molecule has 1 N–H and O–H groups in total. The van der Waals surface area contributed by atoms with Crippen LogP contribution in [0.2, 0.25) is 5.02 Å². The minimum absolute atomic E-state index is 0.0162. The zero-order valence-electron chi connectivity index (χ0n) is 12.7. The van der Waals surface area contributed by atoms with Crippen LogP contribution in [0, 0.1) is 5.82 Å². The Hall–Kier alpha value is -2.00. The second kappa shape index (κ2) is 7.09. The molecule has 0 fully saturated rings. The zero-order valence-corrected chi connectivity index (χ0v) is 14.3. The van der Waals surface area contributed by atoms with Crippen molar-refractivity contribution >= 4 is 27.3 Å². The van der Waals surface area contributed by atoms with E-state index in [1.54, 1.807) is 6.92 Å². The highest BCUT2D eigenvalue weighted by Crippen LogP contribution is 2.34. The van der Waals surface area contributed by atoms with Crippen molar-refractivity contribution in [2.24, 2.45) is 0 Å². The molecule has 2 aromatic rings. The molecule has 0 aliphatic carbocycles. The average Bonchev–Trinajstić information content (AvgIpc) is 2.50. The zero-order chi connectivity index (χ0) is 18.8. The second-order valence-electron chi connectivity index (χ2n) is 4.82. The molecule has 0 heterocycles. The van der Waals surface area contributed by atoms with E-state index in [0.29, 0.717) is 12.1 Å². The standard InChI is InChI=1S/C15H12ClF4NO3S/c1-2-24-13-6-3-9(16)7-14(13)25(22,23)21-10-4-5-12(17)11(8-10)15(18,19)20/h3-8,21H,2H2,1H3. The van der Waals surface area contributed by atoms with E-state index in [9.17, 15) is 26.0 Å². The third-order valence-corrected chi connectivity index (χ3v) is 4.66. The van der Waals surface area contributed by atoms with Gasteiger partial charge in [-0.3, -0.25) is 4.72 Å². The summed E-state index contributed by atoms with van der Waals surface area (Å²) in [6.07, 6.45) is -4.96. The first kappa shape index (κ1) is 19.3. The van der Waals surface area contributed by atoms with E-state index in [4.69, 9.17) is 16.3 Å². The predicted molar refractivity (Wildman–Crippen MR) is 84.8 cm³/mol. The average molecular weight is 398 g/mol. The molecular weight excluding hydrogens is 386 g/mol. The Balaban J connectivity index is 2.45. The molecule has 0 saturated carbocycles. The first-order chi connectivity index (χ1) is 11.5. The monoisotopic (exact) mass is 397 g/mol. The van der Waals surface area contributed by atoms with E-state index in [1.807, 2.05) is 4.72 Å². The highest BCUT2D eigenvalue weighted by Gasteiger charge is 2.34. The lowest BCUT2D eigenvalue weighted by atomic mass is 10.2. The molecule has 25 heavy (non-hydrogen) atoms. The van der Waals surface area contributed by atoms with Crippen LogP contribution in [0.25, 0.3) is 0 Å². The number of alkyl halides is 3. The van der Waals surface area contributed by atoms with Gasteiger partial charge in [-0.2, -0.15) is 13.2 Å². The predicted octanol–water partition coefficient (Wildman–Crippen LogP) is 4.70. The molecule has 0 aromatic heterocycles. The minimum Gasteiger partial charge on any atom is -0.492 e. The largest absolute Gasteiger partial charge is 0.492 e. The van der Waals surface area contributed by atoms with Gasteiger partial charge in [-0.1, -0.05) is 11.6 Å². The topological polar surface area (TPSA) is 55.4 Å². The Morgan fingerprint density at radius 2 is 1.84 bits per heavy atom. The molecule has 0 aliphatic rings. The fourth-order valence-corrected chi connectivity index (χ4v) is 3.44. The Morgan fingerprint density at radius 1 is 1.16 bits per heavy atom. The van der Waals surface area contributed by atoms with Crippen molar-refractivity contribution in [2.45, 2.75) is 18.0 Å². The van der Waals surface area contributed by atoms with Crippen molar-refractivity contribution in [2.75, 3.05) is 11.3 Å². The first-order valence-electron chi connectivity index (χ1n) is 6.86. The van der Waals surface area contributed by atoms with Crippen LogP contribution in [0.5, 0.6) is 5.75 Å². The number of hydrogen-bond donors (Lipinski definition) is 1. The molecule has 2 rings (SSSR count). The summed E-state index contributed by atoms with van der Waals surface area (Å²) in [6.45, 7) is 1.80. The van der Waals surface area contributed by atoms with Crippen molar-refractivity contribution in [3.63, 3.8) is 0 Å². The molecule has 0 bridgehead atoms. The maximum atomic E-state index is 13.3. The van der Waals surface area contributed by atoms with Crippen LogP contribution < -0.4 is 9.46 Å². The molecule has 0 spiro atoms. The fraction of sp³-hybridized carbons (Fsp3) is 0.200. The number of ether oxygens (including phenoxy) is 1. The Labute approximate surface area is 146 Å². The molecule has 0 unspecified atom stereocenters. The molecule has 0 radical (unpaired) electrons. The molecule has 0 aliphatic heterocycles. The van der Waals surface area contributed by atoms with Gasteiger partial charge >= 0.3 is 6.18 Å². The van der Waals surface area contributed by atoms with Crippen LogP contribution in [0.15, 0.2) is 41.3 Å². The number of halogens is 5. The fourth-order valence-electron chi connectivity index (χ4n) is 1.98. The number of sulfonamides is 1. The number of benzene rings is 2. The van der Waals surface area contributed by atoms with E-state index in [0.717, 1.165) is 12.1 Å². The van der Waals surface area contributed by atoms with Crippen LogP contribution in [0.1, 0.15) is 12.5 Å². The summed E-state index contributed by atoms with van der Waals surface area (Å²) in [7, 11) is -4.31. The van der Waals surface area contributed by atoms with Gasteiger partial charge in [0.2, 0.25) is 0 Å². The normalized spacial score (nSPS) is 12.1. The van der Waals surface area contributed by atoms with E-state index in [2.05, 4.69) is 0 Å². The van der Waals surface area contributed by atoms with Crippen LogP contribution in [-0.4, -0.2) is 15.0 Å². The quantitative estimate of drug-likeness (QED) is 0.744. The van der Waals surface area contributed by atoms with E-state index in [1.165, 1.54) is 12.1 Å². The molecule has 0 amide bonds. The molecule has 2 aromatic carbocycles. The highest BCUT2D eigenvalue weighted by molar-refractivity contribution is 7.92. The van der Waals surface area contributed by atoms with Gasteiger partial charge in [-0.05, 0) is 43.3 Å². The van der Waals surface area contributed by atoms with Crippen molar-refractivity contribution in [3.05, 3.63) is 52.8 Å². The van der Waals surface area contributed by atoms with Crippen LogP contribution >= 0.6 is 11.6 Å². The van der Waals surface area contributed by atoms with Crippen LogP contribution in [0.4, 0.5) is 23.2 Å². The number of nitrogens with one attached hydrogen (secondary N) is 1. The van der Waals surface area contributed by atoms with Gasteiger partial charge in [0.1, 0.15) is 16.5 Å². The van der Waals surface area contributed by atoms with Gasteiger partial charge in [0.15, 0.2) is 0 Å². The van der Waals surface area contributed by atoms with E-state index < -0.39 is 33.3 Å². The van der Waals surface area contributed by atoms with Gasteiger partial charge in [-0.25, -0.2) is 12.8 Å². The van der Waals surface area contributed by atoms with Gasteiger partial charge in [0.05, 0.1) is 12.2 Å². The molecule has 0 saturated heterocycles. The van der Waals surface area contributed by atoms with Crippen LogP contribution in [0.3, 0.4) is 0 Å². The summed E-state index contributed by atoms with van der Waals surface area (Å²) < 4.78 is 83.6. The maximum Gasteiger partial charge on any atom is 0.419 e.